The molecule has 2 atom stereocenters. The zero-order chi connectivity index (χ0) is 17.4. The third-order valence-electron chi connectivity index (χ3n) is 5.67. The number of hydrogen-bond acceptors (Lipinski definition) is 5. The Morgan fingerprint density at radius 2 is 2.24 bits per heavy atom. The summed E-state index contributed by atoms with van der Waals surface area (Å²) in [6, 6.07) is 0.225. The van der Waals surface area contributed by atoms with Gasteiger partial charge in [-0.25, -0.2) is 4.98 Å². The van der Waals surface area contributed by atoms with Crippen LogP contribution in [0, 0.1) is 5.41 Å². The number of amides is 1. The molecule has 1 N–H and O–H groups in total. The van der Waals surface area contributed by atoms with Crippen molar-refractivity contribution >= 4 is 17.2 Å². The number of ether oxygens (including phenoxy) is 1. The number of carbonyl (C=O) groups is 1. The fraction of sp³-hybridized carbons (Fsp3) is 0.611. The van der Waals surface area contributed by atoms with Crippen molar-refractivity contribution in [2.24, 2.45) is 12.5 Å². The van der Waals surface area contributed by atoms with E-state index in [4.69, 9.17) is 4.74 Å². The fourth-order valence-electron chi connectivity index (χ4n) is 4.36. The van der Waals surface area contributed by atoms with Crippen LogP contribution in [0.1, 0.15) is 48.7 Å². The average Bonchev–Trinajstić information content (AvgIpc) is 3.33. The second-order valence-corrected chi connectivity index (χ2v) is 8.11. The Morgan fingerprint density at radius 3 is 2.92 bits per heavy atom. The summed E-state index contributed by atoms with van der Waals surface area (Å²) in [5.74, 6) is -0.0149. The first-order chi connectivity index (χ1) is 12.1. The highest BCUT2D eigenvalue weighted by atomic mass is 32.1. The summed E-state index contributed by atoms with van der Waals surface area (Å²) in [5.41, 5.74) is 1.10. The molecular weight excluding hydrogens is 336 g/mol. The van der Waals surface area contributed by atoms with E-state index in [9.17, 15) is 4.79 Å². The Balaban J connectivity index is 1.45. The summed E-state index contributed by atoms with van der Waals surface area (Å²) in [5, 5.41) is 8.24. The van der Waals surface area contributed by atoms with E-state index < -0.39 is 0 Å². The predicted octanol–water partition coefficient (Wildman–Crippen LogP) is 3.01. The van der Waals surface area contributed by atoms with Crippen molar-refractivity contribution in [3.8, 4) is 10.6 Å². The van der Waals surface area contributed by atoms with Crippen LogP contribution in [0.15, 0.2) is 18.6 Å². The van der Waals surface area contributed by atoms with Crippen LogP contribution in [-0.2, 0) is 11.8 Å². The number of thiazole rings is 1. The van der Waals surface area contributed by atoms with Crippen LogP contribution in [-0.4, -0.2) is 39.4 Å². The molecule has 2 saturated carbocycles. The molecule has 7 heteroatoms. The normalized spacial score (nSPS) is 24.4. The highest BCUT2D eigenvalue weighted by Gasteiger charge is 2.57. The fourth-order valence-corrected chi connectivity index (χ4v) is 5.16. The van der Waals surface area contributed by atoms with Crippen LogP contribution >= 0.6 is 11.3 Å². The maximum absolute atomic E-state index is 12.7. The molecule has 6 nitrogen and oxygen atoms in total. The van der Waals surface area contributed by atoms with E-state index >= 15 is 0 Å². The molecular formula is C18H24N4O2S. The van der Waals surface area contributed by atoms with Crippen molar-refractivity contribution in [2.75, 3.05) is 6.61 Å². The minimum absolute atomic E-state index is 0.0149. The highest BCUT2D eigenvalue weighted by Crippen LogP contribution is 2.54. The van der Waals surface area contributed by atoms with E-state index in [-0.39, 0.29) is 17.4 Å². The standard InChI is InChI=1S/C18H24N4O2S/c1-3-24-15-8-14(18(15)6-4-5-7-18)21-16(23)13-10-19-17(25-13)12-9-20-22(2)11-12/h9-11,14-15H,3-8H2,1-2H3,(H,21,23)/t14-,15-/m1/s1. The zero-order valence-corrected chi connectivity index (χ0v) is 15.5. The molecule has 2 aliphatic carbocycles. The van der Waals surface area contributed by atoms with E-state index in [1.165, 1.54) is 24.2 Å². The summed E-state index contributed by atoms with van der Waals surface area (Å²) >= 11 is 1.42. The van der Waals surface area contributed by atoms with Crippen LogP contribution in [0.5, 0.6) is 0 Å². The van der Waals surface area contributed by atoms with Crippen molar-refractivity contribution in [1.82, 2.24) is 20.1 Å². The zero-order valence-electron chi connectivity index (χ0n) is 14.7. The van der Waals surface area contributed by atoms with E-state index in [2.05, 4.69) is 15.4 Å². The topological polar surface area (TPSA) is 69.0 Å². The molecule has 0 aliphatic heterocycles. The molecule has 2 fully saturated rings. The van der Waals surface area contributed by atoms with Crippen LogP contribution in [0.25, 0.3) is 10.6 Å². The van der Waals surface area contributed by atoms with Gasteiger partial charge in [-0.15, -0.1) is 11.3 Å². The number of aromatic nitrogens is 3. The van der Waals surface area contributed by atoms with Gasteiger partial charge in [0, 0.05) is 36.9 Å². The molecule has 1 spiro atoms. The molecule has 2 aliphatic rings. The van der Waals surface area contributed by atoms with E-state index in [0.29, 0.717) is 11.0 Å². The Labute approximate surface area is 151 Å². The highest BCUT2D eigenvalue weighted by molar-refractivity contribution is 7.16. The van der Waals surface area contributed by atoms with E-state index in [1.54, 1.807) is 17.1 Å². The van der Waals surface area contributed by atoms with Gasteiger partial charge in [0.2, 0.25) is 0 Å². The molecule has 0 saturated heterocycles. The first-order valence-corrected chi connectivity index (χ1v) is 9.81. The summed E-state index contributed by atoms with van der Waals surface area (Å²) < 4.78 is 7.67. The number of rotatable bonds is 5. The Kier molecular flexibility index (Phi) is 4.37. The van der Waals surface area contributed by atoms with Gasteiger partial charge in [-0.2, -0.15) is 5.10 Å². The molecule has 25 heavy (non-hydrogen) atoms. The van der Waals surface area contributed by atoms with Crippen molar-refractivity contribution in [2.45, 2.75) is 51.2 Å². The smallest absolute Gasteiger partial charge is 0.263 e. The van der Waals surface area contributed by atoms with Crippen molar-refractivity contribution in [3.05, 3.63) is 23.5 Å². The lowest BCUT2D eigenvalue weighted by Crippen LogP contribution is -2.63. The Morgan fingerprint density at radius 1 is 1.44 bits per heavy atom. The van der Waals surface area contributed by atoms with Gasteiger partial charge in [0.25, 0.3) is 5.91 Å². The summed E-state index contributed by atoms with van der Waals surface area (Å²) in [6.07, 6.45) is 11.4. The first-order valence-electron chi connectivity index (χ1n) is 8.99. The number of nitrogens with one attached hydrogen (secondary N) is 1. The SMILES string of the molecule is CCO[C@@H]1C[C@@H](NC(=O)c2cnc(-c3cnn(C)c3)s2)C12CCCC2. The second-order valence-electron chi connectivity index (χ2n) is 7.08. The van der Waals surface area contributed by atoms with Crippen LogP contribution in [0.4, 0.5) is 0 Å². The van der Waals surface area contributed by atoms with E-state index in [1.807, 2.05) is 20.2 Å². The number of hydrogen-bond donors (Lipinski definition) is 1. The Bertz CT molecular complexity index is 763. The molecule has 2 aromatic heterocycles. The first kappa shape index (κ1) is 16.7. The lowest BCUT2D eigenvalue weighted by atomic mass is 9.60. The van der Waals surface area contributed by atoms with Crippen molar-refractivity contribution in [3.63, 3.8) is 0 Å². The van der Waals surface area contributed by atoms with E-state index in [0.717, 1.165) is 36.4 Å². The summed E-state index contributed by atoms with van der Waals surface area (Å²) in [7, 11) is 1.87. The largest absolute Gasteiger partial charge is 0.378 e. The number of aryl methyl sites for hydroxylation is 1. The minimum atomic E-state index is -0.0149. The second kappa shape index (κ2) is 6.53. The maximum atomic E-state index is 12.7. The molecule has 134 valence electrons. The molecule has 4 rings (SSSR count). The van der Waals surface area contributed by atoms with Gasteiger partial charge in [-0.05, 0) is 26.2 Å². The monoisotopic (exact) mass is 360 g/mol. The van der Waals surface area contributed by atoms with Crippen molar-refractivity contribution < 1.29 is 9.53 Å². The minimum Gasteiger partial charge on any atom is -0.378 e. The molecule has 2 heterocycles. The molecule has 0 radical (unpaired) electrons. The number of nitrogens with zero attached hydrogens (tertiary/aromatic N) is 3. The van der Waals surface area contributed by atoms with Gasteiger partial charge in [0.1, 0.15) is 9.88 Å². The lowest BCUT2D eigenvalue weighted by Gasteiger charge is -2.54. The third kappa shape index (κ3) is 2.89. The summed E-state index contributed by atoms with van der Waals surface area (Å²) in [6.45, 7) is 2.79. The van der Waals surface area contributed by atoms with Crippen molar-refractivity contribution in [1.29, 1.82) is 0 Å². The molecule has 0 aromatic carbocycles. The van der Waals surface area contributed by atoms with Gasteiger partial charge in [0.15, 0.2) is 0 Å². The van der Waals surface area contributed by atoms with Crippen LogP contribution in [0.3, 0.4) is 0 Å². The Hall–Kier alpha value is -1.73. The predicted molar refractivity (Wildman–Crippen MR) is 96.5 cm³/mol. The van der Waals surface area contributed by atoms with Gasteiger partial charge >= 0.3 is 0 Å². The average molecular weight is 360 g/mol. The van der Waals surface area contributed by atoms with Gasteiger partial charge in [0.05, 0.1) is 18.5 Å². The van der Waals surface area contributed by atoms with Crippen LogP contribution in [0.2, 0.25) is 0 Å². The lowest BCUT2D eigenvalue weighted by molar-refractivity contribution is -0.127. The molecule has 2 aromatic rings. The van der Waals surface area contributed by atoms with Crippen LogP contribution < -0.4 is 5.32 Å². The molecule has 0 unspecified atom stereocenters. The van der Waals surface area contributed by atoms with Gasteiger partial charge in [-0.1, -0.05) is 12.8 Å². The molecule has 0 bridgehead atoms. The maximum Gasteiger partial charge on any atom is 0.263 e. The quantitative estimate of drug-likeness (QED) is 0.890. The van der Waals surface area contributed by atoms with Gasteiger partial charge in [-0.3, -0.25) is 9.48 Å². The van der Waals surface area contributed by atoms with Gasteiger partial charge < -0.3 is 10.1 Å². The summed E-state index contributed by atoms with van der Waals surface area (Å²) in [4.78, 5) is 17.7. The number of carbonyl (C=O) groups excluding carboxylic acids is 1. The third-order valence-corrected chi connectivity index (χ3v) is 6.72. The molecule has 1 amide bonds.